The van der Waals surface area contributed by atoms with Gasteiger partial charge in [-0.3, -0.25) is 4.79 Å². The van der Waals surface area contributed by atoms with E-state index in [4.69, 9.17) is 10.8 Å². The lowest BCUT2D eigenvalue weighted by molar-refractivity contribution is -0.129. The second-order valence-corrected chi connectivity index (χ2v) is 5.34. The molecule has 1 aromatic heterocycles. The maximum atomic E-state index is 11.9. The van der Waals surface area contributed by atoms with Crippen LogP contribution in [-0.4, -0.2) is 41.1 Å². The van der Waals surface area contributed by atoms with Gasteiger partial charge in [-0.1, -0.05) is 12.1 Å². The van der Waals surface area contributed by atoms with Gasteiger partial charge in [0.15, 0.2) is 0 Å². The third-order valence-corrected chi connectivity index (χ3v) is 3.82. The van der Waals surface area contributed by atoms with Crippen molar-refractivity contribution in [2.75, 3.05) is 25.9 Å². The largest absolute Gasteiger partial charge is 0.399 e. The highest BCUT2D eigenvalue weighted by atomic mass is 32.1. The fourth-order valence-electron chi connectivity index (χ4n) is 1.76. The Morgan fingerprint density at radius 2 is 2.30 bits per heavy atom. The van der Waals surface area contributed by atoms with Crippen molar-refractivity contribution in [3.05, 3.63) is 35.3 Å². The van der Waals surface area contributed by atoms with Crippen molar-refractivity contribution in [1.82, 2.24) is 9.88 Å². The average Bonchev–Trinajstić information content (AvgIpc) is 2.87. The summed E-state index contributed by atoms with van der Waals surface area (Å²) < 4.78 is 0. The number of rotatable bonds is 5. The molecule has 0 aliphatic carbocycles. The van der Waals surface area contributed by atoms with Crippen LogP contribution in [0.15, 0.2) is 29.6 Å². The Bertz CT molecular complexity index is 598. The molecular weight excluding hydrogens is 274 g/mol. The number of aromatic nitrogens is 1. The van der Waals surface area contributed by atoms with E-state index >= 15 is 0 Å². The quantitative estimate of drug-likeness (QED) is 0.816. The number of amides is 1. The molecule has 0 spiro atoms. The van der Waals surface area contributed by atoms with Crippen LogP contribution in [0.5, 0.6) is 0 Å². The molecule has 0 radical (unpaired) electrons. The highest BCUT2D eigenvalue weighted by molar-refractivity contribution is 7.13. The summed E-state index contributed by atoms with van der Waals surface area (Å²) in [7, 11) is 1.67. The lowest BCUT2D eigenvalue weighted by Crippen LogP contribution is -2.30. The van der Waals surface area contributed by atoms with Gasteiger partial charge in [0.2, 0.25) is 5.91 Å². The molecule has 0 aliphatic heterocycles. The van der Waals surface area contributed by atoms with Crippen LogP contribution >= 0.6 is 11.3 Å². The number of carbonyl (C=O) groups excluding carboxylic acids is 1. The van der Waals surface area contributed by atoms with E-state index in [0.29, 0.717) is 12.2 Å². The number of carbonyl (C=O) groups is 1. The van der Waals surface area contributed by atoms with E-state index in [1.807, 2.05) is 29.6 Å². The van der Waals surface area contributed by atoms with Crippen molar-refractivity contribution in [1.29, 1.82) is 0 Å². The molecule has 0 fully saturated rings. The van der Waals surface area contributed by atoms with E-state index in [2.05, 4.69) is 4.98 Å². The molecule has 1 amide bonds. The van der Waals surface area contributed by atoms with Crippen LogP contribution in [0.2, 0.25) is 0 Å². The number of nitrogens with zero attached hydrogens (tertiary/aromatic N) is 2. The Morgan fingerprint density at radius 3 is 3.00 bits per heavy atom. The van der Waals surface area contributed by atoms with E-state index in [-0.39, 0.29) is 18.9 Å². The molecule has 0 bridgehead atoms. The van der Waals surface area contributed by atoms with Crippen LogP contribution in [0, 0.1) is 0 Å². The molecule has 106 valence electrons. The number of anilines is 1. The molecular formula is C14H17N3O2S. The number of likely N-dealkylation sites (N-methyl/N-ethyl adjacent to an activating group) is 1. The Balaban J connectivity index is 2.08. The highest BCUT2D eigenvalue weighted by Gasteiger charge is 2.12. The molecule has 0 aliphatic rings. The molecule has 1 heterocycles. The van der Waals surface area contributed by atoms with Gasteiger partial charge in [0.1, 0.15) is 5.01 Å². The molecule has 20 heavy (non-hydrogen) atoms. The molecule has 0 saturated heterocycles. The van der Waals surface area contributed by atoms with Gasteiger partial charge >= 0.3 is 0 Å². The summed E-state index contributed by atoms with van der Waals surface area (Å²) in [6.07, 6.45) is 0.245. The summed E-state index contributed by atoms with van der Waals surface area (Å²) in [6, 6.07) is 7.51. The predicted octanol–water partition coefficient (Wildman–Crippen LogP) is 1.39. The number of hydrogen-bond acceptors (Lipinski definition) is 5. The summed E-state index contributed by atoms with van der Waals surface area (Å²) in [5.74, 6) is -0.0523. The second-order valence-electron chi connectivity index (χ2n) is 4.49. The molecule has 5 nitrogen and oxygen atoms in total. The molecule has 6 heteroatoms. The van der Waals surface area contributed by atoms with Crippen LogP contribution < -0.4 is 5.73 Å². The Labute approximate surface area is 121 Å². The maximum absolute atomic E-state index is 11.9. The second kappa shape index (κ2) is 6.49. The van der Waals surface area contributed by atoms with Crippen molar-refractivity contribution < 1.29 is 9.90 Å². The zero-order valence-corrected chi connectivity index (χ0v) is 12.1. The van der Waals surface area contributed by atoms with Crippen LogP contribution in [0.3, 0.4) is 0 Å². The van der Waals surface area contributed by atoms with Crippen molar-refractivity contribution in [3.63, 3.8) is 0 Å². The van der Waals surface area contributed by atoms with Gasteiger partial charge in [-0.15, -0.1) is 11.3 Å². The maximum Gasteiger partial charge on any atom is 0.228 e. The van der Waals surface area contributed by atoms with Crippen molar-refractivity contribution in [2.45, 2.75) is 6.42 Å². The molecule has 0 atom stereocenters. The van der Waals surface area contributed by atoms with Crippen LogP contribution in [0.1, 0.15) is 5.69 Å². The highest BCUT2D eigenvalue weighted by Crippen LogP contribution is 2.25. The number of aliphatic hydroxyl groups is 1. The lowest BCUT2D eigenvalue weighted by Gasteiger charge is -2.14. The smallest absolute Gasteiger partial charge is 0.228 e. The van der Waals surface area contributed by atoms with Gasteiger partial charge < -0.3 is 15.7 Å². The van der Waals surface area contributed by atoms with E-state index < -0.39 is 0 Å². The average molecular weight is 291 g/mol. The van der Waals surface area contributed by atoms with Crippen molar-refractivity contribution >= 4 is 22.9 Å². The number of benzene rings is 1. The number of nitrogens with two attached hydrogens (primary N) is 1. The number of aliphatic hydroxyl groups excluding tert-OH is 1. The minimum Gasteiger partial charge on any atom is -0.399 e. The molecule has 1 aromatic carbocycles. The van der Waals surface area contributed by atoms with Gasteiger partial charge in [0.25, 0.3) is 0 Å². The molecule has 3 N–H and O–H groups in total. The van der Waals surface area contributed by atoms with Crippen LogP contribution in [0.4, 0.5) is 5.69 Å². The minimum atomic E-state index is -0.0523. The van der Waals surface area contributed by atoms with Gasteiger partial charge in [-0.05, 0) is 12.1 Å². The number of hydrogen-bond donors (Lipinski definition) is 2. The van der Waals surface area contributed by atoms with Crippen molar-refractivity contribution in [3.8, 4) is 10.6 Å². The van der Waals surface area contributed by atoms with Gasteiger partial charge in [0, 0.05) is 30.2 Å². The van der Waals surface area contributed by atoms with Crippen molar-refractivity contribution in [2.24, 2.45) is 0 Å². The Morgan fingerprint density at radius 1 is 1.50 bits per heavy atom. The summed E-state index contributed by atoms with van der Waals surface area (Å²) >= 11 is 1.49. The summed E-state index contributed by atoms with van der Waals surface area (Å²) in [5, 5.41) is 11.5. The Hall–Kier alpha value is -1.92. The van der Waals surface area contributed by atoms with E-state index in [1.54, 1.807) is 7.05 Å². The first-order chi connectivity index (χ1) is 9.60. The third kappa shape index (κ3) is 3.55. The summed E-state index contributed by atoms with van der Waals surface area (Å²) in [6.45, 7) is 0.304. The Kier molecular flexibility index (Phi) is 4.70. The monoisotopic (exact) mass is 291 g/mol. The van der Waals surface area contributed by atoms with E-state index in [9.17, 15) is 4.79 Å². The molecule has 0 saturated carbocycles. The first kappa shape index (κ1) is 14.5. The standard InChI is InChI=1S/C14H17N3O2S/c1-17(5-6-18)13(19)8-12-9-20-14(16-12)10-3-2-4-11(15)7-10/h2-4,7,9,18H,5-6,8,15H2,1H3. The van der Waals surface area contributed by atoms with E-state index in [1.165, 1.54) is 16.2 Å². The number of nitrogen functional groups attached to an aromatic ring is 1. The van der Waals surface area contributed by atoms with Crippen LogP contribution in [-0.2, 0) is 11.2 Å². The van der Waals surface area contributed by atoms with Crippen LogP contribution in [0.25, 0.3) is 10.6 Å². The van der Waals surface area contributed by atoms with Gasteiger partial charge in [-0.2, -0.15) is 0 Å². The SMILES string of the molecule is CN(CCO)C(=O)Cc1csc(-c2cccc(N)c2)n1. The molecule has 2 aromatic rings. The van der Waals surface area contributed by atoms with Gasteiger partial charge in [-0.25, -0.2) is 4.98 Å². The zero-order chi connectivity index (χ0) is 14.5. The fraction of sp³-hybridized carbons (Fsp3) is 0.286. The fourth-order valence-corrected chi connectivity index (χ4v) is 2.57. The topological polar surface area (TPSA) is 79.5 Å². The zero-order valence-electron chi connectivity index (χ0n) is 11.2. The first-order valence-corrected chi connectivity index (χ1v) is 7.13. The molecule has 0 unspecified atom stereocenters. The third-order valence-electron chi connectivity index (χ3n) is 2.88. The summed E-state index contributed by atoms with van der Waals surface area (Å²) in [4.78, 5) is 17.8. The normalized spacial score (nSPS) is 10.5. The number of thiazole rings is 1. The molecule has 2 rings (SSSR count). The first-order valence-electron chi connectivity index (χ1n) is 6.25. The van der Waals surface area contributed by atoms with E-state index in [0.717, 1.165) is 16.3 Å². The predicted molar refractivity (Wildman–Crippen MR) is 80.4 cm³/mol. The minimum absolute atomic E-state index is 0.0339. The lowest BCUT2D eigenvalue weighted by atomic mass is 10.2. The summed E-state index contributed by atoms with van der Waals surface area (Å²) in [5.41, 5.74) is 8.14. The van der Waals surface area contributed by atoms with Gasteiger partial charge in [0.05, 0.1) is 18.7 Å².